The molecule has 1 unspecified atom stereocenters. The molecule has 0 saturated carbocycles. The summed E-state index contributed by atoms with van der Waals surface area (Å²) in [6, 6.07) is 7.79. The number of hydrogen-bond acceptors (Lipinski definition) is 5. The molecule has 0 saturated heterocycles. The molecule has 0 spiro atoms. The van der Waals surface area contributed by atoms with E-state index in [4.69, 9.17) is 4.42 Å². The molecule has 3 aromatic rings. The molecule has 0 radical (unpaired) electrons. The Morgan fingerprint density at radius 2 is 1.91 bits per heavy atom. The Hall–Kier alpha value is -2.93. The molecule has 1 aliphatic rings. The van der Waals surface area contributed by atoms with E-state index < -0.39 is 0 Å². The molecule has 3 heterocycles. The predicted molar refractivity (Wildman–Crippen MR) is 123 cm³/mol. The molecule has 1 atom stereocenters. The van der Waals surface area contributed by atoms with Crippen molar-refractivity contribution < 1.29 is 9.21 Å². The van der Waals surface area contributed by atoms with Crippen LogP contribution in [0.4, 0.5) is 0 Å². The lowest BCUT2D eigenvalue weighted by atomic mass is 10.0. The second kappa shape index (κ2) is 9.69. The second-order valence-electron chi connectivity index (χ2n) is 9.32. The Morgan fingerprint density at radius 3 is 2.59 bits per heavy atom. The van der Waals surface area contributed by atoms with Crippen LogP contribution in [0.2, 0.25) is 0 Å². The van der Waals surface area contributed by atoms with Gasteiger partial charge in [0.15, 0.2) is 5.82 Å². The normalized spacial score (nSPS) is 15.4. The van der Waals surface area contributed by atoms with E-state index in [1.165, 1.54) is 5.56 Å². The number of nitrogens with one attached hydrogen (secondary N) is 1. The van der Waals surface area contributed by atoms with Crippen LogP contribution in [0.3, 0.4) is 0 Å². The molecule has 0 bridgehead atoms. The maximum atomic E-state index is 13.1. The lowest BCUT2D eigenvalue weighted by Gasteiger charge is -2.22. The zero-order chi connectivity index (χ0) is 22.7. The monoisotopic (exact) mass is 435 g/mol. The van der Waals surface area contributed by atoms with Crippen LogP contribution in [0.25, 0.3) is 0 Å². The van der Waals surface area contributed by atoms with Crippen LogP contribution in [0.15, 0.2) is 41.2 Å². The smallest absolute Gasteiger partial charge is 0.251 e. The van der Waals surface area contributed by atoms with E-state index in [2.05, 4.69) is 44.9 Å². The molecule has 7 nitrogen and oxygen atoms in total. The average molecular weight is 436 g/mol. The molecule has 1 aliphatic heterocycles. The number of aromatic nitrogens is 3. The number of carbonyl (C=O) groups is 1. The third-order valence-electron chi connectivity index (χ3n) is 5.94. The highest BCUT2D eigenvalue weighted by Gasteiger charge is 2.26. The Balaban J connectivity index is 1.52. The lowest BCUT2D eigenvalue weighted by Crippen LogP contribution is -2.32. The molecule has 4 rings (SSSR count). The van der Waals surface area contributed by atoms with Crippen molar-refractivity contribution in [1.29, 1.82) is 0 Å². The Bertz CT molecular complexity index is 1030. The number of amides is 1. The molecule has 32 heavy (non-hydrogen) atoms. The fourth-order valence-electron chi connectivity index (χ4n) is 4.49. The van der Waals surface area contributed by atoms with Crippen molar-refractivity contribution in [2.24, 2.45) is 5.92 Å². The molecule has 1 amide bonds. The van der Waals surface area contributed by atoms with E-state index in [0.717, 1.165) is 61.8 Å². The number of hydrogen-bond donors (Lipinski definition) is 1. The van der Waals surface area contributed by atoms with Crippen LogP contribution in [0.5, 0.6) is 0 Å². The molecule has 1 aromatic carbocycles. The van der Waals surface area contributed by atoms with Gasteiger partial charge in [-0.2, -0.15) is 0 Å². The van der Waals surface area contributed by atoms with Crippen molar-refractivity contribution in [3.05, 3.63) is 70.7 Å². The van der Waals surface area contributed by atoms with Gasteiger partial charge in [0.05, 0.1) is 18.6 Å². The van der Waals surface area contributed by atoms with Crippen molar-refractivity contribution in [2.75, 3.05) is 13.1 Å². The van der Waals surface area contributed by atoms with Crippen molar-refractivity contribution in [3.63, 3.8) is 0 Å². The minimum Gasteiger partial charge on any atom is -0.472 e. The zero-order valence-electron chi connectivity index (χ0n) is 19.5. The summed E-state index contributed by atoms with van der Waals surface area (Å²) in [5.74, 6) is 2.20. The third kappa shape index (κ3) is 5.27. The Labute approximate surface area is 189 Å². The van der Waals surface area contributed by atoms with Crippen LogP contribution in [-0.2, 0) is 19.5 Å². The summed E-state index contributed by atoms with van der Waals surface area (Å²) >= 11 is 0. The fourth-order valence-corrected chi connectivity index (χ4v) is 4.49. The summed E-state index contributed by atoms with van der Waals surface area (Å²) in [7, 11) is 0. The topological polar surface area (TPSA) is 76.2 Å². The molecular formula is C25H33N5O2. The first-order chi connectivity index (χ1) is 15.4. The molecule has 0 fully saturated rings. The number of fused-ring (bicyclic) bond motifs is 1. The van der Waals surface area contributed by atoms with Crippen LogP contribution >= 0.6 is 0 Å². The second-order valence-corrected chi connectivity index (χ2v) is 9.32. The van der Waals surface area contributed by atoms with Crippen molar-refractivity contribution in [3.8, 4) is 0 Å². The van der Waals surface area contributed by atoms with Crippen molar-refractivity contribution in [1.82, 2.24) is 25.0 Å². The van der Waals surface area contributed by atoms with Gasteiger partial charge in [-0.25, -0.2) is 0 Å². The lowest BCUT2D eigenvalue weighted by molar-refractivity contribution is 0.0928. The summed E-state index contributed by atoms with van der Waals surface area (Å²) in [6.45, 7) is 11.9. The van der Waals surface area contributed by atoms with Gasteiger partial charge in [-0.1, -0.05) is 31.0 Å². The van der Waals surface area contributed by atoms with E-state index in [1.54, 1.807) is 12.5 Å². The number of rotatable bonds is 7. The van der Waals surface area contributed by atoms with Gasteiger partial charge in [0.1, 0.15) is 5.82 Å². The summed E-state index contributed by atoms with van der Waals surface area (Å²) in [5.41, 5.74) is 4.05. The Morgan fingerprint density at radius 1 is 1.12 bits per heavy atom. The first-order valence-corrected chi connectivity index (χ1v) is 11.4. The van der Waals surface area contributed by atoms with Crippen LogP contribution < -0.4 is 5.32 Å². The minimum absolute atomic E-state index is 0.0602. The molecular weight excluding hydrogens is 402 g/mol. The van der Waals surface area contributed by atoms with E-state index >= 15 is 0 Å². The SMILES string of the molecule is Cc1cc(C)cc(C(=O)NC(CC(C)C)c2nnc3n2CCN(Cc2ccoc2)CC3)c1. The standard InChI is InChI=1S/C25H33N5O2/c1-17(2)11-22(26-25(31)21-13-18(3)12-19(4)14-21)24-28-27-23-5-7-29(8-9-30(23)24)15-20-6-10-32-16-20/h6,10,12-14,16-17,22H,5,7-9,11,15H2,1-4H3,(H,26,31). The van der Waals surface area contributed by atoms with Gasteiger partial charge < -0.3 is 14.3 Å². The highest BCUT2D eigenvalue weighted by molar-refractivity contribution is 5.94. The van der Waals surface area contributed by atoms with Gasteiger partial charge in [0.2, 0.25) is 0 Å². The summed E-state index contributed by atoms with van der Waals surface area (Å²) in [4.78, 5) is 15.5. The predicted octanol–water partition coefficient (Wildman–Crippen LogP) is 4.06. The largest absolute Gasteiger partial charge is 0.472 e. The maximum Gasteiger partial charge on any atom is 0.251 e. The highest BCUT2D eigenvalue weighted by Crippen LogP contribution is 2.23. The first-order valence-electron chi connectivity index (χ1n) is 11.4. The maximum absolute atomic E-state index is 13.1. The van der Waals surface area contributed by atoms with E-state index in [9.17, 15) is 4.79 Å². The van der Waals surface area contributed by atoms with Crippen molar-refractivity contribution >= 4 is 5.91 Å². The van der Waals surface area contributed by atoms with Crippen LogP contribution in [0.1, 0.15) is 65.0 Å². The quantitative estimate of drug-likeness (QED) is 0.606. The van der Waals surface area contributed by atoms with Gasteiger partial charge in [-0.3, -0.25) is 9.69 Å². The van der Waals surface area contributed by atoms with Gasteiger partial charge >= 0.3 is 0 Å². The number of nitrogens with zero attached hydrogens (tertiary/aromatic N) is 4. The fraction of sp³-hybridized carbons (Fsp3) is 0.480. The average Bonchev–Trinajstić information content (AvgIpc) is 3.34. The van der Waals surface area contributed by atoms with Gasteiger partial charge in [0.25, 0.3) is 5.91 Å². The number of carbonyl (C=O) groups excluding carboxylic acids is 1. The van der Waals surface area contributed by atoms with E-state index in [1.807, 2.05) is 32.0 Å². The number of furan rings is 1. The Kier molecular flexibility index (Phi) is 6.74. The van der Waals surface area contributed by atoms with E-state index in [0.29, 0.717) is 11.5 Å². The number of aryl methyl sites for hydroxylation is 2. The van der Waals surface area contributed by atoms with Gasteiger partial charge in [0, 0.05) is 43.7 Å². The molecule has 7 heteroatoms. The number of benzene rings is 1. The van der Waals surface area contributed by atoms with Gasteiger partial charge in [-0.05, 0) is 44.4 Å². The first kappa shape index (κ1) is 22.3. The minimum atomic E-state index is -0.176. The molecule has 170 valence electrons. The molecule has 0 aliphatic carbocycles. The molecule has 1 N–H and O–H groups in total. The zero-order valence-corrected chi connectivity index (χ0v) is 19.5. The summed E-state index contributed by atoms with van der Waals surface area (Å²) < 4.78 is 7.43. The summed E-state index contributed by atoms with van der Waals surface area (Å²) in [6.07, 6.45) is 5.17. The van der Waals surface area contributed by atoms with Crippen LogP contribution in [0, 0.1) is 19.8 Å². The summed E-state index contributed by atoms with van der Waals surface area (Å²) in [5, 5.41) is 12.3. The van der Waals surface area contributed by atoms with Crippen LogP contribution in [-0.4, -0.2) is 38.7 Å². The van der Waals surface area contributed by atoms with E-state index in [-0.39, 0.29) is 11.9 Å². The molecule has 2 aromatic heterocycles. The highest BCUT2D eigenvalue weighted by atomic mass is 16.3. The van der Waals surface area contributed by atoms with Crippen molar-refractivity contribution in [2.45, 2.75) is 59.7 Å². The third-order valence-corrected chi connectivity index (χ3v) is 5.94. The van der Waals surface area contributed by atoms with Gasteiger partial charge in [-0.15, -0.1) is 10.2 Å².